The van der Waals surface area contributed by atoms with Crippen molar-refractivity contribution in [2.24, 2.45) is 0 Å². The van der Waals surface area contributed by atoms with Gasteiger partial charge >= 0.3 is 0 Å². The monoisotopic (exact) mass is 323 g/mol. The summed E-state index contributed by atoms with van der Waals surface area (Å²) in [6.07, 6.45) is 0. The third-order valence-corrected chi connectivity index (χ3v) is 3.89. The van der Waals surface area contributed by atoms with Gasteiger partial charge in [-0.05, 0) is 35.0 Å². The number of quaternary nitrogens is 1. The number of halogens is 1. The van der Waals surface area contributed by atoms with Crippen LogP contribution in [0.3, 0.4) is 0 Å². The molecule has 0 radical (unpaired) electrons. The molecule has 0 bridgehead atoms. The van der Waals surface area contributed by atoms with E-state index in [1.165, 1.54) is 28.5 Å². The number of likely N-dealkylation sites (N-methyl/N-ethyl adjacent to an activating group) is 1. The molecule has 0 aromatic heterocycles. The molecule has 0 heterocycles. The summed E-state index contributed by atoms with van der Waals surface area (Å²) in [5, 5.41) is 5.14. The second kappa shape index (κ2) is 7.23. The van der Waals surface area contributed by atoms with Gasteiger partial charge < -0.3 is 10.2 Å². The molecule has 24 heavy (non-hydrogen) atoms. The van der Waals surface area contributed by atoms with Crippen molar-refractivity contribution < 1.29 is 14.1 Å². The maximum atomic E-state index is 13.1. The molecular formula is C20H20FN2O+. The number of carbonyl (C=O) groups excluding carboxylic acids is 1. The fourth-order valence-electron chi connectivity index (χ4n) is 2.81. The fraction of sp³-hybridized carbons (Fsp3) is 0.150. The first kappa shape index (κ1) is 16.1. The molecule has 2 N–H and O–H groups in total. The first-order valence-electron chi connectivity index (χ1n) is 7.94. The summed E-state index contributed by atoms with van der Waals surface area (Å²) in [6, 6.07) is 20.5. The van der Waals surface area contributed by atoms with Crippen LogP contribution in [0.1, 0.15) is 5.56 Å². The third kappa shape index (κ3) is 4.18. The highest BCUT2D eigenvalue weighted by atomic mass is 19.1. The van der Waals surface area contributed by atoms with Crippen LogP contribution < -0.4 is 10.2 Å². The van der Waals surface area contributed by atoms with E-state index in [1.54, 1.807) is 12.1 Å². The van der Waals surface area contributed by atoms with Crippen LogP contribution in [-0.2, 0) is 11.3 Å². The average Bonchev–Trinajstić information content (AvgIpc) is 2.54. The zero-order valence-corrected chi connectivity index (χ0v) is 13.6. The van der Waals surface area contributed by atoms with Crippen LogP contribution in [0.4, 0.5) is 10.1 Å². The van der Waals surface area contributed by atoms with Crippen LogP contribution in [0.2, 0.25) is 0 Å². The van der Waals surface area contributed by atoms with E-state index in [9.17, 15) is 9.18 Å². The molecule has 0 aliphatic carbocycles. The highest BCUT2D eigenvalue weighted by Crippen LogP contribution is 2.15. The Morgan fingerprint density at radius 3 is 2.58 bits per heavy atom. The molecule has 0 fully saturated rings. The number of carbonyl (C=O) groups is 1. The van der Waals surface area contributed by atoms with Gasteiger partial charge in [0.05, 0.1) is 7.05 Å². The van der Waals surface area contributed by atoms with Crippen LogP contribution >= 0.6 is 0 Å². The lowest BCUT2D eigenvalue weighted by molar-refractivity contribution is -0.885. The number of fused-ring (bicyclic) bond motifs is 1. The lowest BCUT2D eigenvalue weighted by Crippen LogP contribution is -3.08. The van der Waals surface area contributed by atoms with Crippen molar-refractivity contribution in [3.05, 3.63) is 78.1 Å². The number of benzene rings is 3. The van der Waals surface area contributed by atoms with Crippen molar-refractivity contribution in [1.82, 2.24) is 0 Å². The standard InChI is InChI=1S/C20H19FN2O/c1-23(14-20(24)22-19-8-4-7-18(21)12-19)13-15-9-10-16-5-2-3-6-17(16)11-15/h2-12H,13-14H2,1H3,(H,22,24)/p+1. The zero-order valence-electron chi connectivity index (χ0n) is 13.6. The molecule has 4 heteroatoms. The van der Waals surface area contributed by atoms with Gasteiger partial charge in [0.2, 0.25) is 0 Å². The molecule has 0 aliphatic rings. The van der Waals surface area contributed by atoms with Gasteiger partial charge in [-0.1, -0.05) is 42.5 Å². The Bertz CT molecular complexity index is 863. The molecule has 3 rings (SSSR count). The van der Waals surface area contributed by atoms with Gasteiger partial charge in [0.25, 0.3) is 5.91 Å². The van der Waals surface area contributed by atoms with E-state index in [0.29, 0.717) is 12.2 Å². The van der Waals surface area contributed by atoms with Crippen molar-refractivity contribution in [2.45, 2.75) is 6.54 Å². The van der Waals surface area contributed by atoms with E-state index < -0.39 is 0 Å². The van der Waals surface area contributed by atoms with Gasteiger partial charge in [-0.2, -0.15) is 0 Å². The largest absolute Gasteiger partial charge is 0.326 e. The topological polar surface area (TPSA) is 33.5 Å². The Morgan fingerprint density at radius 1 is 1.00 bits per heavy atom. The predicted octanol–water partition coefficient (Wildman–Crippen LogP) is 2.63. The normalized spacial score (nSPS) is 12.1. The predicted molar refractivity (Wildman–Crippen MR) is 94.4 cm³/mol. The minimum Gasteiger partial charge on any atom is -0.326 e. The molecule has 0 spiro atoms. The van der Waals surface area contributed by atoms with Gasteiger partial charge in [0.1, 0.15) is 12.4 Å². The van der Waals surface area contributed by atoms with Crippen molar-refractivity contribution >= 4 is 22.4 Å². The fourth-order valence-corrected chi connectivity index (χ4v) is 2.81. The average molecular weight is 323 g/mol. The molecular weight excluding hydrogens is 303 g/mol. The van der Waals surface area contributed by atoms with Crippen LogP contribution in [0, 0.1) is 5.82 Å². The van der Waals surface area contributed by atoms with E-state index in [1.807, 2.05) is 19.2 Å². The Labute approximate surface area is 140 Å². The van der Waals surface area contributed by atoms with Crippen molar-refractivity contribution in [2.75, 3.05) is 18.9 Å². The van der Waals surface area contributed by atoms with Crippen LogP contribution in [0.5, 0.6) is 0 Å². The Kier molecular flexibility index (Phi) is 4.87. The van der Waals surface area contributed by atoms with E-state index in [4.69, 9.17) is 0 Å². The lowest BCUT2D eigenvalue weighted by atomic mass is 10.1. The highest BCUT2D eigenvalue weighted by molar-refractivity contribution is 5.91. The molecule has 3 nitrogen and oxygen atoms in total. The van der Waals surface area contributed by atoms with Gasteiger partial charge in [-0.15, -0.1) is 0 Å². The van der Waals surface area contributed by atoms with Crippen molar-refractivity contribution in [3.8, 4) is 0 Å². The van der Waals surface area contributed by atoms with Crippen LogP contribution in [-0.4, -0.2) is 19.5 Å². The Balaban J connectivity index is 1.59. The molecule has 1 unspecified atom stereocenters. The zero-order chi connectivity index (χ0) is 16.9. The summed E-state index contributed by atoms with van der Waals surface area (Å²) < 4.78 is 13.1. The Morgan fingerprint density at radius 2 is 1.79 bits per heavy atom. The first-order chi connectivity index (χ1) is 11.6. The summed E-state index contributed by atoms with van der Waals surface area (Å²) in [4.78, 5) is 13.2. The SMILES string of the molecule is C[NH+](CC(=O)Nc1cccc(F)c1)Cc1ccc2ccccc2c1. The number of hydrogen-bond acceptors (Lipinski definition) is 1. The van der Waals surface area contributed by atoms with Gasteiger partial charge in [0.15, 0.2) is 6.54 Å². The summed E-state index contributed by atoms with van der Waals surface area (Å²) in [6.45, 7) is 1.07. The van der Waals surface area contributed by atoms with Crippen molar-refractivity contribution in [3.63, 3.8) is 0 Å². The van der Waals surface area contributed by atoms with Gasteiger partial charge in [-0.25, -0.2) is 4.39 Å². The third-order valence-electron chi connectivity index (χ3n) is 3.89. The summed E-state index contributed by atoms with van der Waals surface area (Å²) in [5.74, 6) is -0.483. The number of amides is 1. The molecule has 0 saturated heterocycles. The second-order valence-electron chi connectivity index (χ2n) is 6.05. The minimum absolute atomic E-state index is 0.126. The van der Waals surface area contributed by atoms with Crippen molar-refractivity contribution in [1.29, 1.82) is 0 Å². The molecule has 3 aromatic rings. The summed E-state index contributed by atoms with van der Waals surface area (Å²) in [7, 11) is 1.97. The van der Waals surface area contributed by atoms with E-state index in [0.717, 1.165) is 11.4 Å². The van der Waals surface area contributed by atoms with E-state index >= 15 is 0 Å². The first-order valence-corrected chi connectivity index (χ1v) is 7.94. The van der Waals surface area contributed by atoms with Gasteiger partial charge in [0, 0.05) is 11.3 Å². The molecule has 1 atom stereocenters. The second-order valence-corrected chi connectivity index (χ2v) is 6.05. The maximum Gasteiger partial charge on any atom is 0.279 e. The molecule has 0 saturated carbocycles. The molecule has 0 aliphatic heterocycles. The van der Waals surface area contributed by atoms with E-state index in [2.05, 4.69) is 35.6 Å². The highest BCUT2D eigenvalue weighted by Gasteiger charge is 2.11. The maximum absolute atomic E-state index is 13.1. The quantitative estimate of drug-likeness (QED) is 0.743. The number of hydrogen-bond donors (Lipinski definition) is 2. The minimum atomic E-state index is -0.357. The van der Waals surface area contributed by atoms with E-state index in [-0.39, 0.29) is 11.7 Å². The lowest BCUT2D eigenvalue weighted by Gasteiger charge is -2.14. The smallest absolute Gasteiger partial charge is 0.279 e. The van der Waals surface area contributed by atoms with Crippen LogP contribution in [0.25, 0.3) is 10.8 Å². The summed E-state index contributed by atoms with van der Waals surface area (Å²) >= 11 is 0. The van der Waals surface area contributed by atoms with Crippen LogP contribution in [0.15, 0.2) is 66.7 Å². The number of anilines is 1. The number of rotatable bonds is 5. The molecule has 122 valence electrons. The van der Waals surface area contributed by atoms with Gasteiger partial charge in [-0.3, -0.25) is 4.79 Å². The number of nitrogens with one attached hydrogen (secondary N) is 2. The molecule has 1 amide bonds. The Hall–Kier alpha value is -2.72. The molecule has 3 aromatic carbocycles. The summed E-state index contributed by atoms with van der Waals surface area (Å²) in [5.41, 5.74) is 1.67.